The zero-order valence-corrected chi connectivity index (χ0v) is 27.1. The molecular weight excluding hydrogens is 622 g/mol. The summed E-state index contributed by atoms with van der Waals surface area (Å²) in [5.74, 6) is -1.49. The second-order valence-corrected chi connectivity index (χ2v) is 12.2. The number of hydrogen-bond acceptors (Lipinski definition) is 7. The number of para-hydroxylation sites is 3. The van der Waals surface area contributed by atoms with Crippen LogP contribution in [0, 0.1) is 0 Å². The van der Waals surface area contributed by atoms with Crippen LogP contribution >= 0.6 is 0 Å². The topological polar surface area (TPSA) is 136 Å². The molecule has 10 nitrogen and oxygen atoms in total. The number of carbonyl (C=O) groups excluding carboxylic acids is 3. The molecule has 1 aliphatic rings. The number of hydrogen-bond donors (Lipinski definition) is 3. The monoisotopic (exact) mass is 659 g/mol. The predicted molar refractivity (Wildman–Crippen MR) is 184 cm³/mol. The smallest absolute Gasteiger partial charge is 0.311 e. The number of carbonyl (C=O) groups is 3. The lowest BCUT2D eigenvalue weighted by atomic mass is 10.1. The Bertz CT molecular complexity index is 2160. The maximum absolute atomic E-state index is 13.1. The van der Waals surface area contributed by atoms with Gasteiger partial charge in [0.25, 0.3) is 6.29 Å². The van der Waals surface area contributed by atoms with Gasteiger partial charge >= 0.3 is 17.9 Å². The van der Waals surface area contributed by atoms with Gasteiger partial charge in [0.1, 0.15) is 12.2 Å². The molecule has 3 aromatic heterocycles. The fraction of sp³-hybridized carbons (Fsp3) is 0.256. The first-order valence-corrected chi connectivity index (χ1v) is 16.5. The molecule has 0 aliphatic carbocycles. The molecule has 0 spiro atoms. The molecule has 0 bridgehead atoms. The third kappa shape index (κ3) is 7.29. The number of fused-ring (bicyclic) bond motifs is 3. The van der Waals surface area contributed by atoms with Gasteiger partial charge in [-0.2, -0.15) is 0 Å². The standard InChI is InChI=1S/C39H37N3O7/c1-24-34(47-36(43)17-14-25-21-40-31-11-5-2-8-28(25)31)20-35(48-37(44)18-15-26-22-41-32-12-6-3-9-29(26)32)39(46-24)49-38(45)19-16-27-23-42-33-13-7-4-10-30(27)33/h2-13,20-24,34,39-42H,14-19H2,1H3/t24-,34+,39?/m0/s1. The summed E-state index contributed by atoms with van der Waals surface area (Å²) in [5, 5.41) is 3.13. The Hall–Kier alpha value is -5.61. The highest BCUT2D eigenvalue weighted by Gasteiger charge is 2.36. The van der Waals surface area contributed by atoms with Gasteiger partial charge in [0.15, 0.2) is 5.76 Å². The summed E-state index contributed by atoms with van der Waals surface area (Å²) in [6.45, 7) is 1.72. The van der Waals surface area contributed by atoms with Crippen molar-refractivity contribution in [3.63, 3.8) is 0 Å². The van der Waals surface area contributed by atoms with Gasteiger partial charge in [-0.3, -0.25) is 14.4 Å². The van der Waals surface area contributed by atoms with E-state index in [0.717, 1.165) is 49.4 Å². The van der Waals surface area contributed by atoms with E-state index in [4.69, 9.17) is 18.9 Å². The molecule has 3 N–H and O–H groups in total. The van der Waals surface area contributed by atoms with E-state index < -0.39 is 36.4 Å². The summed E-state index contributed by atoms with van der Waals surface area (Å²) in [4.78, 5) is 48.9. The molecule has 250 valence electrons. The molecule has 10 heteroatoms. The van der Waals surface area contributed by atoms with Crippen molar-refractivity contribution in [2.24, 2.45) is 0 Å². The molecule has 7 rings (SSSR count). The van der Waals surface area contributed by atoms with Gasteiger partial charge in [-0.15, -0.1) is 0 Å². The summed E-state index contributed by atoms with van der Waals surface area (Å²) >= 11 is 0. The largest absolute Gasteiger partial charge is 0.455 e. The van der Waals surface area contributed by atoms with Crippen molar-refractivity contribution in [3.05, 3.63) is 120 Å². The first kappa shape index (κ1) is 32.0. The molecule has 3 atom stereocenters. The van der Waals surface area contributed by atoms with Gasteiger partial charge < -0.3 is 33.9 Å². The average molecular weight is 660 g/mol. The number of rotatable bonds is 12. The Kier molecular flexibility index (Phi) is 9.29. The molecule has 4 heterocycles. The van der Waals surface area contributed by atoms with Crippen LogP contribution in [0.4, 0.5) is 0 Å². The van der Waals surface area contributed by atoms with E-state index in [1.165, 1.54) is 6.08 Å². The van der Waals surface area contributed by atoms with Crippen LogP contribution in [0.5, 0.6) is 0 Å². The highest BCUT2D eigenvalue weighted by Crippen LogP contribution is 2.27. The highest BCUT2D eigenvalue weighted by molar-refractivity contribution is 5.85. The number of benzene rings is 3. The Morgan fingerprint density at radius 3 is 1.53 bits per heavy atom. The quantitative estimate of drug-likeness (QED) is 0.0955. The van der Waals surface area contributed by atoms with Crippen LogP contribution in [0.1, 0.15) is 42.9 Å². The zero-order chi connectivity index (χ0) is 33.7. The third-order valence-electron chi connectivity index (χ3n) is 8.92. The van der Waals surface area contributed by atoms with E-state index >= 15 is 0 Å². The normalized spacial score (nSPS) is 17.7. The molecule has 0 amide bonds. The Labute approximate surface area is 282 Å². The number of ether oxygens (including phenoxy) is 4. The number of H-pyrrole nitrogens is 3. The second kappa shape index (κ2) is 14.2. The maximum Gasteiger partial charge on any atom is 0.311 e. The summed E-state index contributed by atoms with van der Waals surface area (Å²) in [7, 11) is 0. The Morgan fingerprint density at radius 2 is 1.04 bits per heavy atom. The van der Waals surface area contributed by atoms with Crippen LogP contribution in [-0.2, 0) is 52.6 Å². The van der Waals surface area contributed by atoms with Gasteiger partial charge in [-0.25, -0.2) is 0 Å². The molecule has 0 fully saturated rings. The van der Waals surface area contributed by atoms with E-state index in [1.54, 1.807) is 6.92 Å². The van der Waals surface area contributed by atoms with Gasteiger partial charge in [0, 0.05) is 70.2 Å². The van der Waals surface area contributed by atoms with E-state index in [-0.39, 0.29) is 25.0 Å². The fourth-order valence-corrected chi connectivity index (χ4v) is 6.31. The molecule has 0 saturated heterocycles. The van der Waals surface area contributed by atoms with Crippen molar-refractivity contribution in [3.8, 4) is 0 Å². The van der Waals surface area contributed by atoms with Crippen molar-refractivity contribution in [1.29, 1.82) is 0 Å². The molecule has 49 heavy (non-hydrogen) atoms. The van der Waals surface area contributed by atoms with Crippen LogP contribution in [0.2, 0.25) is 0 Å². The summed E-state index contributed by atoms with van der Waals surface area (Å²) in [6, 6.07) is 23.6. The lowest BCUT2D eigenvalue weighted by Crippen LogP contribution is -2.41. The molecule has 0 radical (unpaired) electrons. The van der Waals surface area contributed by atoms with Crippen LogP contribution in [0.25, 0.3) is 32.7 Å². The van der Waals surface area contributed by atoms with Crippen LogP contribution < -0.4 is 0 Å². The fourth-order valence-electron chi connectivity index (χ4n) is 6.31. The average Bonchev–Trinajstić information content (AvgIpc) is 3.84. The zero-order valence-electron chi connectivity index (χ0n) is 27.1. The number of aromatic amines is 3. The maximum atomic E-state index is 13.1. The molecular formula is C39H37N3O7. The third-order valence-corrected chi connectivity index (χ3v) is 8.92. The van der Waals surface area contributed by atoms with Crippen molar-refractivity contribution in [2.75, 3.05) is 0 Å². The number of nitrogens with one attached hydrogen (secondary N) is 3. The van der Waals surface area contributed by atoms with Crippen molar-refractivity contribution < 1.29 is 33.3 Å². The Morgan fingerprint density at radius 1 is 0.612 bits per heavy atom. The first-order chi connectivity index (χ1) is 23.9. The number of esters is 3. The van der Waals surface area contributed by atoms with Gasteiger partial charge in [0.05, 0.1) is 6.42 Å². The molecule has 0 saturated carbocycles. The van der Waals surface area contributed by atoms with Gasteiger partial charge in [-0.1, -0.05) is 54.6 Å². The minimum Gasteiger partial charge on any atom is -0.455 e. The lowest BCUT2D eigenvalue weighted by molar-refractivity contribution is -0.207. The van der Waals surface area contributed by atoms with Crippen LogP contribution in [0.3, 0.4) is 0 Å². The first-order valence-electron chi connectivity index (χ1n) is 16.5. The molecule has 1 aliphatic heterocycles. The predicted octanol–water partition coefficient (Wildman–Crippen LogP) is 6.96. The summed E-state index contributed by atoms with van der Waals surface area (Å²) < 4.78 is 23.3. The van der Waals surface area contributed by atoms with Crippen molar-refractivity contribution >= 4 is 50.6 Å². The van der Waals surface area contributed by atoms with E-state index in [1.807, 2.05) is 91.4 Å². The summed E-state index contributed by atoms with van der Waals surface area (Å²) in [6.07, 6.45) is 6.06. The second-order valence-electron chi connectivity index (χ2n) is 12.2. The molecule has 3 aromatic carbocycles. The summed E-state index contributed by atoms with van der Waals surface area (Å²) in [5.41, 5.74) is 5.96. The van der Waals surface area contributed by atoms with E-state index in [0.29, 0.717) is 19.3 Å². The number of aromatic nitrogens is 3. The minimum atomic E-state index is -1.27. The van der Waals surface area contributed by atoms with Gasteiger partial charge in [0.2, 0.25) is 0 Å². The van der Waals surface area contributed by atoms with Crippen molar-refractivity contribution in [1.82, 2.24) is 15.0 Å². The van der Waals surface area contributed by atoms with E-state index in [9.17, 15) is 14.4 Å². The lowest BCUT2D eigenvalue weighted by Gasteiger charge is -2.32. The van der Waals surface area contributed by atoms with E-state index in [2.05, 4.69) is 15.0 Å². The Balaban J connectivity index is 1.02. The molecule has 6 aromatic rings. The number of aryl methyl sites for hydroxylation is 3. The minimum absolute atomic E-state index is 0.0168. The van der Waals surface area contributed by atoms with Gasteiger partial charge in [-0.05, 0) is 61.1 Å². The molecule has 1 unspecified atom stereocenters. The SMILES string of the molecule is C[C@@H]1OC(OC(=O)CCc2c[nH]c3ccccc23)C(OC(=O)CCc2c[nH]c3ccccc23)=C[C@H]1OC(=O)CCc1c[nH]c2ccccc12. The van der Waals surface area contributed by atoms with Crippen LogP contribution in [0.15, 0.2) is 103 Å². The van der Waals surface area contributed by atoms with Crippen LogP contribution in [-0.4, -0.2) is 51.4 Å². The van der Waals surface area contributed by atoms with Crippen molar-refractivity contribution in [2.45, 2.75) is 63.9 Å². The highest BCUT2D eigenvalue weighted by atomic mass is 16.7.